The zero-order chi connectivity index (χ0) is 13.6. The second-order valence-electron chi connectivity index (χ2n) is 4.77. The van der Waals surface area contributed by atoms with Crippen LogP contribution in [0.15, 0.2) is 11.7 Å². The van der Waals surface area contributed by atoms with Gasteiger partial charge >= 0.3 is 5.95 Å². The first-order chi connectivity index (χ1) is 8.72. The molecule has 0 saturated carbocycles. The summed E-state index contributed by atoms with van der Waals surface area (Å²) in [4.78, 5) is 3.87. The molecule has 0 fully saturated rings. The lowest BCUT2D eigenvalue weighted by Gasteiger charge is -2.04. The molecule has 0 aliphatic heterocycles. The molecule has 0 aromatic heterocycles. The Morgan fingerprint density at radius 3 is 1.61 bits per heavy atom. The van der Waals surface area contributed by atoms with E-state index in [2.05, 4.69) is 11.8 Å². The van der Waals surface area contributed by atoms with Crippen LogP contribution in [0.25, 0.3) is 0 Å². The van der Waals surface area contributed by atoms with E-state index in [1.54, 1.807) is 0 Å². The minimum absolute atomic E-state index is 0.144. The van der Waals surface area contributed by atoms with Crippen molar-refractivity contribution in [2.75, 3.05) is 0 Å². The lowest BCUT2D eigenvalue weighted by atomic mass is 10.1. The lowest BCUT2D eigenvalue weighted by molar-refractivity contribution is -0.212. The Balaban J connectivity index is 3.24. The maximum absolute atomic E-state index is 8.71. The maximum Gasteiger partial charge on any atom is 0.318 e. The summed E-state index contributed by atoms with van der Waals surface area (Å²) in [6, 6.07) is 0. The molecule has 0 unspecified atom stereocenters. The van der Waals surface area contributed by atoms with E-state index in [-0.39, 0.29) is 5.76 Å². The van der Waals surface area contributed by atoms with Gasteiger partial charge in [-0.1, -0.05) is 64.7 Å². The van der Waals surface area contributed by atoms with E-state index in [9.17, 15) is 0 Å². The fourth-order valence-electron chi connectivity index (χ4n) is 1.97. The molecule has 0 saturated heterocycles. The Kier molecular flexibility index (Phi) is 11.9. The number of aliphatic hydroxyl groups is 2. The zero-order valence-corrected chi connectivity index (χ0v) is 11.5. The third kappa shape index (κ3) is 10.3. The van der Waals surface area contributed by atoms with Crippen LogP contribution in [0.4, 0.5) is 0 Å². The number of unbranched alkanes of at least 4 members (excludes halogenated alkanes) is 9. The summed E-state index contributed by atoms with van der Waals surface area (Å²) in [5.74, 6) is -1.07. The van der Waals surface area contributed by atoms with Crippen LogP contribution in [0.1, 0.15) is 77.6 Å². The van der Waals surface area contributed by atoms with Crippen LogP contribution in [0.2, 0.25) is 0 Å². The third-order valence-corrected chi connectivity index (χ3v) is 3.12. The van der Waals surface area contributed by atoms with Crippen molar-refractivity contribution >= 4 is 0 Å². The standard InChI is InChI=1S/C14H28O4/c1-2-3-4-5-6-7-8-9-10-11-12-13(18-17)14(15)16/h15-17H,2-12H2,1H3. The average Bonchev–Trinajstić information content (AvgIpc) is 2.35. The monoisotopic (exact) mass is 260 g/mol. The molecule has 0 radical (unpaired) electrons. The van der Waals surface area contributed by atoms with Gasteiger partial charge in [0.25, 0.3) is 0 Å². The van der Waals surface area contributed by atoms with E-state index in [1.807, 2.05) is 0 Å². The SMILES string of the molecule is CCCCCCCCCCCCC(OO)=C(O)O. The molecule has 4 heteroatoms. The molecule has 0 aliphatic rings. The van der Waals surface area contributed by atoms with Crippen LogP contribution in [-0.4, -0.2) is 15.5 Å². The summed E-state index contributed by atoms with van der Waals surface area (Å²) in [7, 11) is 0. The van der Waals surface area contributed by atoms with E-state index in [1.165, 1.54) is 44.9 Å². The number of aliphatic hydroxyl groups excluding tert-OH is 1. The summed E-state index contributed by atoms with van der Waals surface area (Å²) >= 11 is 0. The summed E-state index contributed by atoms with van der Waals surface area (Å²) in [6.45, 7) is 2.23. The molecule has 108 valence electrons. The van der Waals surface area contributed by atoms with Gasteiger partial charge < -0.3 is 15.1 Å². The van der Waals surface area contributed by atoms with Gasteiger partial charge in [0.05, 0.1) is 0 Å². The second-order valence-corrected chi connectivity index (χ2v) is 4.77. The number of rotatable bonds is 12. The Morgan fingerprint density at radius 1 is 0.778 bits per heavy atom. The highest BCUT2D eigenvalue weighted by Gasteiger charge is 2.05. The molecule has 0 atom stereocenters. The van der Waals surface area contributed by atoms with Gasteiger partial charge in [0.15, 0.2) is 0 Å². The topological polar surface area (TPSA) is 69.9 Å². The first-order valence-corrected chi connectivity index (χ1v) is 7.14. The van der Waals surface area contributed by atoms with Crippen LogP contribution in [0.5, 0.6) is 0 Å². The van der Waals surface area contributed by atoms with E-state index >= 15 is 0 Å². The molecule has 0 spiro atoms. The minimum Gasteiger partial charge on any atom is -0.479 e. The highest BCUT2D eigenvalue weighted by molar-refractivity contribution is 4.90. The molecule has 0 amide bonds. The predicted molar refractivity (Wildman–Crippen MR) is 72.5 cm³/mol. The van der Waals surface area contributed by atoms with Gasteiger partial charge in [0.1, 0.15) is 0 Å². The van der Waals surface area contributed by atoms with Crippen LogP contribution in [0, 0.1) is 0 Å². The smallest absolute Gasteiger partial charge is 0.318 e. The van der Waals surface area contributed by atoms with Crippen molar-refractivity contribution in [2.45, 2.75) is 77.6 Å². The molecule has 0 aromatic rings. The largest absolute Gasteiger partial charge is 0.479 e. The summed E-state index contributed by atoms with van der Waals surface area (Å²) in [5, 5.41) is 25.8. The number of hydrogen-bond donors (Lipinski definition) is 3. The van der Waals surface area contributed by atoms with Gasteiger partial charge in [-0.25, -0.2) is 5.26 Å². The fraction of sp³-hybridized carbons (Fsp3) is 0.857. The van der Waals surface area contributed by atoms with Crippen molar-refractivity contribution in [1.82, 2.24) is 0 Å². The molecular weight excluding hydrogens is 232 g/mol. The molecule has 4 nitrogen and oxygen atoms in total. The second kappa shape index (κ2) is 12.6. The molecule has 18 heavy (non-hydrogen) atoms. The molecule has 0 rings (SSSR count). The van der Waals surface area contributed by atoms with Gasteiger partial charge in [-0.3, -0.25) is 0 Å². The van der Waals surface area contributed by atoms with Crippen LogP contribution < -0.4 is 0 Å². The Bertz CT molecular complexity index is 210. The van der Waals surface area contributed by atoms with Gasteiger partial charge in [0, 0.05) is 6.42 Å². The maximum atomic E-state index is 8.71. The van der Waals surface area contributed by atoms with Gasteiger partial charge in [0.2, 0.25) is 5.76 Å². The highest BCUT2D eigenvalue weighted by Crippen LogP contribution is 2.14. The summed E-state index contributed by atoms with van der Waals surface area (Å²) in [6.07, 6.45) is 12.5. The molecule has 0 bridgehead atoms. The van der Waals surface area contributed by atoms with E-state index in [0.717, 1.165) is 19.3 Å². The Labute approximate surface area is 110 Å². The van der Waals surface area contributed by atoms with Crippen molar-refractivity contribution < 1.29 is 20.4 Å². The molecule has 3 N–H and O–H groups in total. The molecule has 0 aliphatic carbocycles. The average molecular weight is 260 g/mol. The number of allylic oxidation sites excluding steroid dienone is 1. The predicted octanol–water partition coefficient (Wildman–Crippen LogP) is 5.07. The fourth-order valence-corrected chi connectivity index (χ4v) is 1.97. The van der Waals surface area contributed by atoms with E-state index < -0.39 is 5.95 Å². The molecular formula is C14H28O4. The summed E-state index contributed by atoms with van der Waals surface area (Å²) < 4.78 is 0. The van der Waals surface area contributed by atoms with Crippen molar-refractivity contribution in [3.63, 3.8) is 0 Å². The third-order valence-electron chi connectivity index (χ3n) is 3.12. The first kappa shape index (κ1) is 17.1. The van der Waals surface area contributed by atoms with Crippen molar-refractivity contribution in [1.29, 1.82) is 0 Å². The minimum atomic E-state index is -0.923. The molecule has 0 aromatic carbocycles. The quantitative estimate of drug-likeness (QED) is 0.198. The van der Waals surface area contributed by atoms with Crippen LogP contribution in [-0.2, 0) is 4.89 Å². The van der Waals surface area contributed by atoms with Gasteiger partial charge in [-0.15, -0.1) is 0 Å². The van der Waals surface area contributed by atoms with Crippen molar-refractivity contribution in [3.8, 4) is 0 Å². The normalized spacial score (nSPS) is 10.3. The van der Waals surface area contributed by atoms with E-state index in [0.29, 0.717) is 6.42 Å². The highest BCUT2D eigenvalue weighted by atomic mass is 17.1. The van der Waals surface area contributed by atoms with Gasteiger partial charge in [-0.2, -0.15) is 0 Å². The Hall–Kier alpha value is -0.900. The van der Waals surface area contributed by atoms with Crippen molar-refractivity contribution in [2.24, 2.45) is 0 Å². The number of hydrogen-bond acceptors (Lipinski definition) is 4. The van der Waals surface area contributed by atoms with Crippen LogP contribution >= 0.6 is 0 Å². The lowest BCUT2D eigenvalue weighted by Crippen LogP contribution is -1.94. The zero-order valence-electron chi connectivity index (χ0n) is 11.5. The Morgan fingerprint density at radius 2 is 1.22 bits per heavy atom. The van der Waals surface area contributed by atoms with Crippen molar-refractivity contribution in [3.05, 3.63) is 11.7 Å². The van der Waals surface area contributed by atoms with Crippen LogP contribution in [0.3, 0.4) is 0 Å². The molecule has 0 heterocycles. The summed E-state index contributed by atoms with van der Waals surface area (Å²) in [5.41, 5.74) is 0. The van der Waals surface area contributed by atoms with E-state index in [4.69, 9.17) is 15.5 Å². The van der Waals surface area contributed by atoms with Gasteiger partial charge in [-0.05, 0) is 6.42 Å². The first-order valence-electron chi connectivity index (χ1n) is 7.14.